The fourth-order valence-electron chi connectivity index (χ4n) is 7.40. The molecule has 0 amide bonds. The van der Waals surface area contributed by atoms with E-state index in [9.17, 15) is 28.0 Å². The van der Waals surface area contributed by atoms with Gasteiger partial charge in [0.1, 0.15) is 11.6 Å². The van der Waals surface area contributed by atoms with Gasteiger partial charge in [-0.15, -0.1) is 24.0 Å². The highest BCUT2D eigenvalue weighted by atomic mass is 35.5. The number of aromatic nitrogens is 2. The normalized spacial score (nSPS) is 14.3. The van der Waals surface area contributed by atoms with Crippen LogP contribution in [0, 0.1) is 11.6 Å². The van der Waals surface area contributed by atoms with Crippen molar-refractivity contribution in [2.75, 3.05) is 71.6 Å². The first-order valence-corrected chi connectivity index (χ1v) is 20.1. The largest absolute Gasteiger partial charge is 0.379 e. The van der Waals surface area contributed by atoms with Crippen LogP contribution in [0.25, 0.3) is 44.1 Å². The number of fused-ring (bicyclic) bond motifs is 2. The topological polar surface area (TPSA) is 114 Å². The summed E-state index contributed by atoms with van der Waals surface area (Å²) < 4.78 is 39.9. The van der Waals surface area contributed by atoms with Crippen LogP contribution in [-0.4, -0.2) is 102 Å². The Morgan fingerprint density at radius 1 is 0.667 bits per heavy atom. The minimum absolute atomic E-state index is 0. The molecule has 0 spiro atoms. The van der Waals surface area contributed by atoms with Crippen LogP contribution in [0.4, 0.5) is 8.78 Å². The van der Waals surface area contributed by atoms with Gasteiger partial charge in [-0.2, -0.15) is 0 Å². The number of ether oxygens (including phenoxy) is 2. The van der Waals surface area contributed by atoms with Gasteiger partial charge in [-0.3, -0.25) is 29.0 Å². The zero-order chi connectivity index (χ0) is 41.9. The molecule has 0 bridgehead atoms. The number of hydrogen-bond donors (Lipinski definition) is 1. The van der Waals surface area contributed by atoms with E-state index >= 15 is 0 Å². The fourth-order valence-corrected chi connectivity index (χ4v) is 7.64. The van der Waals surface area contributed by atoms with E-state index in [1.165, 1.54) is 44.2 Å². The van der Waals surface area contributed by atoms with Crippen molar-refractivity contribution in [2.45, 2.75) is 20.4 Å². The molecule has 0 aliphatic carbocycles. The highest BCUT2D eigenvalue weighted by Crippen LogP contribution is 2.32. The Hall–Kier alpha value is -5.08. The predicted molar refractivity (Wildman–Crippen MR) is 238 cm³/mol. The Morgan fingerprint density at radius 2 is 1.15 bits per heavy atom. The van der Waals surface area contributed by atoms with Crippen molar-refractivity contribution in [2.24, 2.45) is 0 Å². The molecular weight excluding hydrogens is 813 g/mol. The lowest BCUT2D eigenvalue weighted by Crippen LogP contribution is -2.39. The zero-order valence-electron chi connectivity index (χ0n) is 33.6. The standard InChI is InChI=1S/C23H23FN2O3.C17H12FNO2.C6H12ClNO.ClH.H2/c1-16(27)21-22(17-5-3-2-4-6-17)19-15-18(24)7-8-20(19)26(23(21)28)10-9-25-11-13-29-14-12-25;1-10(20)15-16(11-5-3-2-4-6-11)13-9-12(18)7-8-14(13)19-17(15)21;7-1-2-8-3-5-9-6-4-8;;/h2-8,15H,9-14H2,1H3;2-9H,1H3,(H,19,21);1-6H2;2*1H. The van der Waals surface area contributed by atoms with Crippen molar-refractivity contribution >= 4 is 57.4 Å². The molecule has 318 valence electrons. The van der Waals surface area contributed by atoms with Gasteiger partial charge in [-0.25, -0.2) is 8.78 Å². The summed E-state index contributed by atoms with van der Waals surface area (Å²) in [5.74, 6) is -0.745. The number of nitrogens with zero attached hydrogens (tertiary/aromatic N) is 3. The molecule has 4 aromatic carbocycles. The summed E-state index contributed by atoms with van der Waals surface area (Å²) in [6.45, 7) is 11.6. The van der Waals surface area contributed by atoms with E-state index in [2.05, 4.69) is 14.8 Å². The monoisotopic (exact) mass is 862 g/mol. The van der Waals surface area contributed by atoms with Gasteiger partial charge in [0.2, 0.25) is 0 Å². The molecule has 2 aliphatic heterocycles. The van der Waals surface area contributed by atoms with E-state index < -0.39 is 17.2 Å². The summed E-state index contributed by atoms with van der Waals surface area (Å²) in [6.07, 6.45) is 0. The lowest BCUT2D eigenvalue weighted by Gasteiger charge is -2.27. The van der Waals surface area contributed by atoms with Crippen LogP contribution in [0.15, 0.2) is 107 Å². The number of carbonyl (C=O) groups excluding carboxylic acids is 2. The Balaban J connectivity index is 0.000000224. The number of nitrogens with one attached hydrogen (secondary N) is 1. The number of ketones is 2. The summed E-state index contributed by atoms with van der Waals surface area (Å²) in [5, 5.41) is 1.09. The van der Waals surface area contributed by atoms with E-state index in [4.69, 9.17) is 21.1 Å². The second-order valence-corrected chi connectivity index (χ2v) is 14.6. The van der Waals surface area contributed by atoms with E-state index in [0.29, 0.717) is 64.8 Å². The molecule has 10 nitrogen and oxygen atoms in total. The van der Waals surface area contributed by atoms with Crippen molar-refractivity contribution in [3.63, 3.8) is 0 Å². The summed E-state index contributed by atoms with van der Waals surface area (Å²) in [5.41, 5.74) is 2.93. The molecule has 2 fully saturated rings. The number of alkyl halides is 1. The molecule has 6 aromatic rings. The highest BCUT2D eigenvalue weighted by molar-refractivity contribution is 6.18. The first-order valence-electron chi connectivity index (χ1n) is 19.6. The van der Waals surface area contributed by atoms with Crippen molar-refractivity contribution in [1.29, 1.82) is 0 Å². The third-order valence-corrected chi connectivity index (χ3v) is 10.5. The number of benzene rings is 4. The number of rotatable bonds is 9. The molecular formula is C46H50Cl2F2N4O6. The number of pyridine rings is 2. The first kappa shape index (κ1) is 46.0. The average molecular weight is 864 g/mol. The maximum Gasteiger partial charge on any atom is 0.262 e. The molecule has 0 radical (unpaired) electrons. The fraction of sp³-hybridized carbons (Fsp3) is 0.304. The van der Waals surface area contributed by atoms with Gasteiger partial charge >= 0.3 is 0 Å². The lowest BCUT2D eigenvalue weighted by atomic mass is 9.94. The minimum atomic E-state index is -0.458. The summed E-state index contributed by atoms with van der Waals surface area (Å²) >= 11 is 5.55. The van der Waals surface area contributed by atoms with Crippen LogP contribution in [-0.2, 0) is 16.0 Å². The highest BCUT2D eigenvalue weighted by Gasteiger charge is 2.23. The molecule has 0 atom stereocenters. The van der Waals surface area contributed by atoms with Crippen LogP contribution in [0.3, 0.4) is 0 Å². The number of hydrogen-bond acceptors (Lipinski definition) is 8. The quantitative estimate of drug-likeness (QED) is 0.115. The Kier molecular flexibility index (Phi) is 16.8. The van der Waals surface area contributed by atoms with Crippen LogP contribution in [0.1, 0.15) is 36.0 Å². The van der Waals surface area contributed by atoms with Crippen molar-refractivity contribution in [3.05, 3.63) is 141 Å². The van der Waals surface area contributed by atoms with Crippen LogP contribution in [0.2, 0.25) is 0 Å². The first-order chi connectivity index (χ1) is 28.6. The van der Waals surface area contributed by atoms with Gasteiger partial charge in [0.05, 0.1) is 43.1 Å². The van der Waals surface area contributed by atoms with Gasteiger partial charge in [-0.1, -0.05) is 60.7 Å². The number of halogens is 4. The Bertz CT molecular complexity index is 2530. The Labute approximate surface area is 359 Å². The van der Waals surface area contributed by atoms with E-state index in [1.807, 2.05) is 48.5 Å². The van der Waals surface area contributed by atoms with Crippen LogP contribution >= 0.6 is 24.0 Å². The van der Waals surface area contributed by atoms with Gasteiger partial charge < -0.3 is 19.0 Å². The SMILES string of the molecule is CC(=O)c1c(-c2ccccc2)c2cc(F)ccc2[nH]c1=O.CC(=O)c1c(-c2ccccc2)c2cc(F)ccc2n(CCN2CCOCC2)c1=O.Cl.ClCCN1CCOCC1.[HH]. The molecule has 14 heteroatoms. The summed E-state index contributed by atoms with van der Waals surface area (Å²) in [4.78, 5) is 57.1. The van der Waals surface area contributed by atoms with E-state index in [0.717, 1.165) is 57.4 Å². The Morgan fingerprint density at radius 3 is 1.67 bits per heavy atom. The second kappa shape index (κ2) is 22.0. The second-order valence-electron chi connectivity index (χ2n) is 14.2. The molecule has 2 aromatic heterocycles. The molecule has 0 unspecified atom stereocenters. The number of carbonyl (C=O) groups is 2. The van der Waals surface area contributed by atoms with Crippen molar-refractivity contribution in [3.8, 4) is 22.3 Å². The van der Waals surface area contributed by atoms with Crippen molar-refractivity contribution in [1.82, 2.24) is 19.4 Å². The molecule has 4 heterocycles. The maximum atomic E-state index is 14.2. The van der Waals surface area contributed by atoms with Gasteiger partial charge in [0.25, 0.3) is 11.1 Å². The lowest BCUT2D eigenvalue weighted by molar-refractivity contribution is 0.0364. The number of aromatic amines is 1. The molecule has 60 heavy (non-hydrogen) atoms. The number of H-pyrrole nitrogens is 1. The van der Waals surface area contributed by atoms with Crippen molar-refractivity contribution < 1.29 is 29.3 Å². The third kappa shape index (κ3) is 11.2. The molecule has 2 saturated heterocycles. The van der Waals surface area contributed by atoms with Crippen LogP contribution < -0.4 is 11.1 Å². The van der Waals surface area contributed by atoms with E-state index in [1.54, 1.807) is 22.8 Å². The van der Waals surface area contributed by atoms with Gasteiger partial charge in [-0.05, 0) is 61.4 Å². The molecule has 1 N–H and O–H groups in total. The van der Waals surface area contributed by atoms with Gasteiger partial charge in [0.15, 0.2) is 11.6 Å². The number of morpholine rings is 2. The molecule has 2 aliphatic rings. The molecule has 0 saturated carbocycles. The summed E-state index contributed by atoms with van der Waals surface area (Å²) in [7, 11) is 0. The average Bonchev–Trinajstić information content (AvgIpc) is 3.24. The zero-order valence-corrected chi connectivity index (χ0v) is 35.1. The predicted octanol–water partition coefficient (Wildman–Crippen LogP) is 8.10. The summed E-state index contributed by atoms with van der Waals surface area (Å²) in [6, 6.07) is 26.8. The third-order valence-electron chi connectivity index (χ3n) is 10.3. The smallest absolute Gasteiger partial charge is 0.262 e. The maximum absolute atomic E-state index is 14.2. The van der Waals surface area contributed by atoms with Crippen LogP contribution in [0.5, 0.6) is 0 Å². The van der Waals surface area contributed by atoms with E-state index in [-0.39, 0.29) is 42.1 Å². The van der Waals surface area contributed by atoms with Gasteiger partial charge in [0, 0.05) is 80.5 Å². The molecule has 8 rings (SSSR count). The number of Topliss-reactive ketones (excluding diaryl/α,β-unsaturated/α-hetero) is 2. The minimum Gasteiger partial charge on any atom is -0.379 e.